The molecule has 4 aromatic carbocycles. The smallest absolute Gasteiger partial charge is 0.408 e. The van der Waals surface area contributed by atoms with Crippen molar-refractivity contribution in [2.24, 2.45) is 5.92 Å². The van der Waals surface area contributed by atoms with Crippen LogP contribution in [0.2, 0.25) is 0 Å². The van der Waals surface area contributed by atoms with Gasteiger partial charge >= 0.3 is 12.1 Å². The lowest BCUT2D eigenvalue weighted by molar-refractivity contribution is -0.150. The number of esters is 1. The summed E-state index contributed by atoms with van der Waals surface area (Å²) < 4.78 is 16.6. The minimum Gasteiger partial charge on any atom is -0.489 e. The molecule has 5 amide bonds. The number of amides is 5. The predicted molar refractivity (Wildman–Crippen MR) is 220 cm³/mol. The number of nitrogens with one attached hydrogen (secondary N) is 5. The van der Waals surface area contributed by atoms with Gasteiger partial charge in [0.15, 0.2) is 0 Å². The van der Waals surface area contributed by atoms with Crippen LogP contribution in [0.4, 0.5) is 4.79 Å². The van der Waals surface area contributed by atoms with E-state index in [1.165, 1.54) is 13.8 Å². The van der Waals surface area contributed by atoms with Crippen molar-refractivity contribution >= 4 is 35.7 Å². The Hall–Kier alpha value is -6.70. The quantitative estimate of drug-likeness (QED) is 0.0755. The van der Waals surface area contributed by atoms with Crippen molar-refractivity contribution in [3.8, 4) is 5.75 Å². The molecule has 4 atom stereocenters. The van der Waals surface area contributed by atoms with Crippen molar-refractivity contribution in [2.75, 3.05) is 6.54 Å². The summed E-state index contributed by atoms with van der Waals surface area (Å²) in [5, 5.41) is 12.8. The highest BCUT2D eigenvalue weighted by Gasteiger charge is 2.30. The van der Waals surface area contributed by atoms with Crippen LogP contribution in [0.25, 0.3) is 0 Å². The number of alkyl carbamates (subject to hydrolysis) is 1. The third-order valence-electron chi connectivity index (χ3n) is 8.91. The molecule has 0 aliphatic carbocycles. The monoisotopic (exact) mass is 807 g/mol. The molecule has 5 N–H and O–H groups in total. The fraction of sp³-hybridized carbons (Fsp3) is 0.333. The van der Waals surface area contributed by atoms with Crippen LogP contribution >= 0.6 is 0 Å². The number of ether oxygens (including phenoxy) is 3. The molecule has 4 rings (SSSR count). The van der Waals surface area contributed by atoms with Crippen LogP contribution in [-0.4, -0.2) is 66.4 Å². The molecule has 14 nitrogen and oxygen atoms in total. The van der Waals surface area contributed by atoms with Crippen molar-refractivity contribution in [3.63, 3.8) is 0 Å². The van der Waals surface area contributed by atoms with Gasteiger partial charge in [0.2, 0.25) is 23.6 Å². The van der Waals surface area contributed by atoms with Crippen molar-refractivity contribution in [1.82, 2.24) is 26.6 Å². The Morgan fingerprint density at radius 3 is 1.58 bits per heavy atom. The number of hydrogen-bond acceptors (Lipinski definition) is 9. The molecular weight excluding hydrogens is 755 g/mol. The van der Waals surface area contributed by atoms with Gasteiger partial charge in [-0.15, -0.1) is 0 Å². The zero-order valence-electron chi connectivity index (χ0n) is 33.8. The van der Waals surface area contributed by atoms with E-state index in [0.717, 1.165) is 16.7 Å². The van der Waals surface area contributed by atoms with Gasteiger partial charge in [-0.05, 0) is 60.6 Å². The van der Waals surface area contributed by atoms with E-state index in [1.807, 2.05) is 80.6 Å². The molecule has 0 unspecified atom stereocenters. The summed E-state index contributed by atoms with van der Waals surface area (Å²) in [5.41, 5.74) is 3.25. The van der Waals surface area contributed by atoms with E-state index in [0.29, 0.717) is 17.9 Å². The van der Waals surface area contributed by atoms with Crippen LogP contribution in [0.5, 0.6) is 5.75 Å². The van der Waals surface area contributed by atoms with Gasteiger partial charge in [-0.1, -0.05) is 117 Å². The molecule has 0 saturated heterocycles. The van der Waals surface area contributed by atoms with Crippen LogP contribution in [-0.2, 0) is 59.7 Å². The van der Waals surface area contributed by atoms with Gasteiger partial charge in [-0.25, -0.2) is 9.59 Å². The molecule has 0 saturated carbocycles. The molecule has 0 radical (unpaired) electrons. The summed E-state index contributed by atoms with van der Waals surface area (Å²) in [4.78, 5) is 78.2. The molecule has 0 bridgehead atoms. The Morgan fingerprint density at radius 2 is 1.02 bits per heavy atom. The number of carbonyl (C=O) groups excluding carboxylic acids is 6. The minimum atomic E-state index is -1.16. The Bertz CT molecular complexity index is 1960. The van der Waals surface area contributed by atoms with Crippen molar-refractivity contribution < 1.29 is 43.0 Å². The van der Waals surface area contributed by atoms with Gasteiger partial charge in [-0.2, -0.15) is 0 Å². The first kappa shape index (κ1) is 45.0. The lowest BCUT2D eigenvalue weighted by Crippen LogP contribution is -2.56. The van der Waals surface area contributed by atoms with E-state index in [1.54, 1.807) is 48.5 Å². The van der Waals surface area contributed by atoms with Gasteiger partial charge < -0.3 is 40.8 Å². The molecular formula is C45H53N5O9. The van der Waals surface area contributed by atoms with Gasteiger partial charge in [0.25, 0.3) is 0 Å². The molecule has 0 heterocycles. The molecule has 0 fully saturated rings. The van der Waals surface area contributed by atoms with E-state index in [-0.39, 0.29) is 32.0 Å². The normalized spacial score (nSPS) is 12.8. The first-order valence-corrected chi connectivity index (χ1v) is 19.5. The number of rotatable bonds is 21. The zero-order chi connectivity index (χ0) is 42.6. The van der Waals surface area contributed by atoms with Gasteiger partial charge in [-0.3, -0.25) is 19.2 Å². The predicted octanol–water partition coefficient (Wildman–Crippen LogP) is 4.50. The van der Waals surface area contributed by atoms with Gasteiger partial charge in [0.05, 0.1) is 6.54 Å². The SMILES string of the molecule is CC(C)C[C@H](NC(=O)[C@H](Cc1ccc(OCc2ccccc2)cc1)NC(=O)[C@H](C)NC(=O)CNC(=O)[C@H](C)NC(=O)OCc1ccccc1)C(=O)OCc1ccccc1. The maximum absolute atomic E-state index is 13.9. The maximum Gasteiger partial charge on any atom is 0.408 e. The lowest BCUT2D eigenvalue weighted by atomic mass is 10.0. The van der Waals surface area contributed by atoms with Crippen molar-refractivity contribution in [1.29, 1.82) is 0 Å². The lowest BCUT2D eigenvalue weighted by Gasteiger charge is -2.25. The summed E-state index contributed by atoms with van der Waals surface area (Å²) in [6.07, 6.45) is -0.481. The summed E-state index contributed by atoms with van der Waals surface area (Å²) in [6.45, 7) is 6.60. The highest BCUT2D eigenvalue weighted by molar-refractivity contribution is 5.94. The van der Waals surface area contributed by atoms with Crippen molar-refractivity contribution in [3.05, 3.63) is 138 Å². The van der Waals surface area contributed by atoms with Crippen LogP contribution in [0.1, 0.15) is 56.4 Å². The maximum atomic E-state index is 13.9. The third kappa shape index (κ3) is 16.4. The largest absolute Gasteiger partial charge is 0.489 e. The summed E-state index contributed by atoms with van der Waals surface area (Å²) in [7, 11) is 0. The molecule has 0 aliphatic heterocycles. The first-order valence-electron chi connectivity index (χ1n) is 19.5. The van der Waals surface area contributed by atoms with Crippen LogP contribution in [0, 0.1) is 5.92 Å². The molecule has 312 valence electrons. The molecule has 0 aliphatic rings. The van der Waals surface area contributed by atoms with Crippen LogP contribution in [0.15, 0.2) is 115 Å². The fourth-order valence-corrected chi connectivity index (χ4v) is 5.68. The third-order valence-corrected chi connectivity index (χ3v) is 8.91. The van der Waals surface area contributed by atoms with Gasteiger partial charge in [0.1, 0.15) is 49.7 Å². The zero-order valence-corrected chi connectivity index (χ0v) is 33.8. The topological polar surface area (TPSA) is 190 Å². The minimum absolute atomic E-state index is 0.0160. The molecule has 59 heavy (non-hydrogen) atoms. The second-order valence-corrected chi connectivity index (χ2v) is 14.4. The van der Waals surface area contributed by atoms with Gasteiger partial charge in [0, 0.05) is 6.42 Å². The van der Waals surface area contributed by atoms with E-state index in [2.05, 4.69) is 26.6 Å². The van der Waals surface area contributed by atoms with Crippen molar-refractivity contribution in [2.45, 2.75) is 84.5 Å². The number of carbonyl (C=O) groups is 6. The molecule has 4 aromatic rings. The Kier molecular flexibility index (Phi) is 17.9. The standard InChI is InChI=1S/C45H53N5O9/c1-30(2)24-39(44(55)58-28-35-16-10-6-11-17-35)50-43(54)38(25-33-20-22-37(23-21-33)57-27-34-14-8-5-9-15-34)49-42(53)32(4)47-40(51)26-46-41(52)31(3)48-45(56)59-29-36-18-12-7-13-19-36/h5-23,30-32,38-39H,24-29H2,1-4H3,(H,46,52)(H,47,51)(H,48,56)(H,49,53)(H,50,54)/t31-,32-,38-,39-/m0/s1. The average Bonchev–Trinajstić information content (AvgIpc) is 3.24. The number of hydrogen-bond donors (Lipinski definition) is 5. The average molecular weight is 808 g/mol. The highest BCUT2D eigenvalue weighted by Crippen LogP contribution is 2.16. The summed E-state index contributed by atoms with van der Waals surface area (Å²) in [5.74, 6) is -2.64. The fourth-order valence-electron chi connectivity index (χ4n) is 5.68. The highest BCUT2D eigenvalue weighted by atomic mass is 16.5. The number of benzene rings is 4. The van der Waals surface area contributed by atoms with E-state index in [4.69, 9.17) is 14.2 Å². The van der Waals surface area contributed by atoms with E-state index in [9.17, 15) is 28.8 Å². The summed E-state index contributed by atoms with van der Waals surface area (Å²) >= 11 is 0. The Morgan fingerprint density at radius 1 is 0.508 bits per heavy atom. The first-order chi connectivity index (χ1) is 28.4. The second-order valence-electron chi connectivity index (χ2n) is 14.4. The van der Waals surface area contributed by atoms with E-state index >= 15 is 0 Å². The second kappa shape index (κ2) is 23.5. The molecule has 0 aromatic heterocycles. The molecule has 14 heteroatoms. The van der Waals surface area contributed by atoms with E-state index < -0.39 is 66.4 Å². The Labute approximate surface area is 344 Å². The Balaban J connectivity index is 1.36. The van der Waals surface area contributed by atoms with Crippen LogP contribution < -0.4 is 31.3 Å². The van der Waals surface area contributed by atoms with Crippen LogP contribution in [0.3, 0.4) is 0 Å². The summed E-state index contributed by atoms with van der Waals surface area (Å²) in [6, 6.07) is 30.6. The molecule has 0 spiro atoms.